The molecule has 0 aromatic carbocycles. The SMILES string of the molecule is CCn1cnc(S(=O)(=O)NCC2(CN)CCCC2)c1. The van der Waals surface area contributed by atoms with E-state index in [9.17, 15) is 8.42 Å². The molecule has 0 saturated heterocycles. The maximum absolute atomic E-state index is 12.1. The Morgan fingerprint density at radius 2 is 2.16 bits per heavy atom. The number of imidazole rings is 1. The van der Waals surface area contributed by atoms with Crippen LogP contribution in [-0.4, -0.2) is 31.1 Å². The number of nitrogens with two attached hydrogens (primary N) is 1. The normalized spacial score (nSPS) is 18.8. The lowest BCUT2D eigenvalue weighted by Crippen LogP contribution is -2.40. The number of hydrogen-bond acceptors (Lipinski definition) is 4. The highest BCUT2D eigenvalue weighted by Gasteiger charge is 2.34. The summed E-state index contributed by atoms with van der Waals surface area (Å²) in [5.41, 5.74) is 5.74. The van der Waals surface area contributed by atoms with Crippen LogP contribution in [-0.2, 0) is 16.6 Å². The van der Waals surface area contributed by atoms with Gasteiger partial charge in [0.1, 0.15) is 0 Å². The molecule has 2 rings (SSSR count). The van der Waals surface area contributed by atoms with E-state index in [1.165, 1.54) is 6.33 Å². The fraction of sp³-hybridized carbons (Fsp3) is 0.750. The van der Waals surface area contributed by atoms with Crippen LogP contribution in [0.3, 0.4) is 0 Å². The number of aryl methyl sites for hydroxylation is 1. The number of aromatic nitrogens is 2. The average molecular weight is 286 g/mol. The Balaban J connectivity index is 2.05. The van der Waals surface area contributed by atoms with Gasteiger partial charge in [-0.15, -0.1) is 0 Å². The van der Waals surface area contributed by atoms with Gasteiger partial charge in [0.25, 0.3) is 10.0 Å². The van der Waals surface area contributed by atoms with Gasteiger partial charge in [-0.2, -0.15) is 0 Å². The van der Waals surface area contributed by atoms with Crippen molar-refractivity contribution in [3.8, 4) is 0 Å². The second-order valence-corrected chi connectivity index (χ2v) is 6.99. The minimum atomic E-state index is -3.52. The summed E-state index contributed by atoms with van der Waals surface area (Å²) >= 11 is 0. The molecule has 1 aromatic rings. The number of nitrogens with zero attached hydrogens (tertiary/aromatic N) is 2. The van der Waals surface area contributed by atoms with Gasteiger partial charge >= 0.3 is 0 Å². The molecule has 1 aliphatic rings. The maximum Gasteiger partial charge on any atom is 0.259 e. The smallest absolute Gasteiger partial charge is 0.259 e. The molecule has 1 fully saturated rings. The molecular formula is C12H22N4O2S. The van der Waals surface area contributed by atoms with Crippen molar-refractivity contribution in [3.05, 3.63) is 12.5 Å². The van der Waals surface area contributed by atoms with Crippen LogP contribution in [0.4, 0.5) is 0 Å². The topological polar surface area (TPSA) is 90.0 Å². The van der Waals surface area contributed by atoms with Crippen molar-refractivity contribution in [1.82, 2.24) is 14.3 Å². The van der Waals surface area contributed by atoms with Gasteiger partial charge in [-0.1, -0.05) is 12.8 Å². The van der Waals surface area contributed by atoms with Crippen molar-refractivity contribution in [2.24, 2.45) is 11.1 Å². The van der Waals surface area contributed by atoms with Crippen LogP contribution in [0.2, 0.25) is 0 Å². The molecule has 0 spiro atoms. The third kappa shape index (κ3) is 3.16. The van der Waals surface area contributed by atoms with E-state index in [0.717, 1.165) is 25.7 Å². The molecule has 0 radical (unpaired) electrons. The van der Waals surface area contributed by atoms with Crippen LogP contribution < -0.4 is 10.5 Å². The predicted octanol–water partition coefficient (Wildman–Crippen LogP) is 0.700. The van der Waals surface area contributed by atoms with Crippen molar-refractivity contribution < 1.29 is 8.42 Å². The standard InChI is InChI=1S/C12H22N4O2S/c1-2-16-7-11(14-10-16)19(17,18)15-9-12(8-13)5-3-4-6-12/h7,10,15H,2-6,8-9,13H2,1H3. The fourth-order valence-electron chi connectivity index (χ4n) is 2.55. The molecule has 0 aliphatic heterocycles. The van der Waals surface area contributed by atoms with Crippen LogP contribution in [0.5, 0.6) is 0 Å². The van der Waals surface area contributed by atoms with Crippen LogP contribution in [0.15, 0.2) is 17.6 Å². The predicted molar refractivity (Wildman–Crippen MR) is 73.0 cm³/mol. The average Bonchev–Trinajstić information content (AvgIpc) is 3.06. The van der Waals surface area contributed by atoms with Crippen molar-refractivity contribution in [1.29, 1.82) is 0 Å². The Hall–Kier alpha value is -0.920. The monoisotopic (exact) mass is 286 g/mol. The number of nitrogens with one attached hydrogen (secondary N) is 1. The molecule has 108 valence electrons. The summed E-state index contributed by atoms with van der Waals surface area (Å²) in [5.74, 6) is 0. The zero-order chi connectivity index (χ0) is 13.9. The Labute approximate surface area is 114 Å². The van der Waals surface area contributed by atoms with Crippen molar-refractivity contribution in [3.63, 3.8) is 0 Å². The molecule has 0 amide bonds. The van der Waals surface area contributed by atoms with Crippen LogP contribution >= 0.6 is 0 Å². The van der Waals surface area contributed by atoms with E-state index in [2.05, 4.69) is 9.71 Å². The molecule has 0 atom stereocenters. The van der Waals surface area contributed by atoms with Gasteiger partial charge in [0.2, 0.25) is 0 Å². The molecule has 1 heterocycles. The summed E-state index contributed by atoms with van der Waals surface area (Å²) in [6.45, 7) is 3.58. The van der Waals surface area contributed by atoms with Gasteiger partial charge in [0.15, 0.2) is 5.03 Å². The second-order valence-electron chi connectivity index (χ2n) is 5.28. The van der Waals surface area contributed by atoms with Gasteiger partial charge in [-0.25, -0.2) is 18.1 Å². The van der Waals surface area contributed by atoms with E-state index in [4.69, 9.17) is 5.73 Å². The molecule has 3 N–H and O–H groups in total. The molecule has 19 heavy (non-hydrogen) atoms. The molecule has 1 saturated carbocycles. The summed E-state index contributed by atoms with van der Waals surface area (Å²) < 4.78 is 28.7. The molecule has 1 aromatic heterocycles. The van der Waals surface area contributed by atoms with E-state index in [1.54, 1.807) is 10.8 Å². The van der Waals surface area contributed by atoms with E-state index in [1.807, 2.05) is 6.92 Å². The van der Waals surface area contributed by atoms with Crippen molar-refractivity contribution in [2.75, 3.05) is 13.1 Å². The summed E-state index contributed by atoms with van der Waals surface area (Å²) in [7, 11) is -3.52. The first-order valence-corrected chi connectivity index (χ1v) is 8.21. The van der Waals surface area contributed by atoms with Gasteiger partial charge < -0.3 is 10.3 Å². The van der Waals surface area contributed by atoms with Gasteiger partial charge in [0.05, 0.1) is 6.33 Å². The first-order valence-electron chi connectivity index (χ1n) is 6.73. The molecule has 0 unspecified atom stereocenters. The van der Waals surface area contributed by atoms with E-state index < -0.39 is 10.0 Å². The van der Waals surface area contributed by atoms with Gasteiger partial charge in [0, 0.05) is 19.3 Å². The molecule has 6 nitrogen and oxygen atoms in total. The lowest BCUT2D eigenvalue weighted by atomic mass is 9.87. The van der Waals surface area contributed by atoms with Crippen molar-refractivity contribution in [2.45, 2.75) is 44.2 Å². The Morgan fingerprint density at radius 3 is 2.68 bits per heavy atom. The van der Waals surface area contributed by atoms with Gasteiger partial charge in [-0.05, 0) is 31.7 Å². The quantitative estimate of drug-likeness (QED) is 0.805. The highest BCUT2D eigenvalue weighted by molar-refractivity contribution is 7.89. The Bertz CT molecular complexity index is 518. The number of sulfonamides is 1. The first kappa shape index (κ1) is 14.5. The van der Waals surface area contributed by atoms with Crippen LogP contribution in [0.1, 0.15) is 32.6 Å². The summed E-state index contributed by atoms with van der Waals surface area (Å²) in [6, 6.07) is 0. The first-order chi connectivity index (χ1) is 9.01. The minimum Gasteiger partial charge on any atom is -0.336 e. The third-order valence-electron chi connectivity index (χ3n) is 3.98. The number of hydrogen-bond donors (Lipinski definition) is 2. The van der Waals surface area contributed by atoms with Gasteiger partial charge in [-0.3, -0.25) is 0 Å². The second kappa shape index (κ2) is 5.60. The summed E-state index contributed by atoms with van der Waals surface area (Å²) in [6.07, 6.45) is 7.33. The third-order valence-corrected chi connectivity index (χ3v) is 5.27. The molecular weight excluding hydrogens is 264 g/mol. The zero-order valence-corrected chi connectivity index (χ0v) is 12.1. The lowest BCUT2D eigenvalue weighted by molar-refractivity contribution is 0.309. The minimum absolute atomic E-state index is 0.0691. The highest BCUT2D eigenvalue weighted by atomic mass is 32.2. The fourth-order valence-corrected chi connectivity index (χ4v) is 3.66. The van der Waals surface area contributed by atoms with E-state index in [-0.39, 0.29) is 10.4 Å². The van der Waals surface area contributed by atoms with Crippen LogP contribution in [0, 0.1) is 5.41 Å². The van der Waals surface area contributed by atoms with Crippen LogP contribution in [0.25, 0.3) is 0 Å². The Morgan fingerprint density at radius 1 is 1.47 bits per heavy atom. The highest BCUT2D eigenvalue weighted by Crippen LogP contribution is 2.36. The molecule has 1 aliphatic carbocycles. The largest absolute Gasteiger partial charge is 0.336 e. The van der Waals surface area contributed by atoms with E-state index >= 15 is 0 Å². The maximum atomic E-state index is 12.1. The Kier molecular flexibility index (Phi) is 4.27. The van der Waals surface area contributed by atoms with E-state index in [0.29, 0.717) is 19.6 Å². The molecule has 7 heteroatoms. The lowest BCUT2D eigenvalue weighted by Gasteiger charge is -2.26. The van der Waals surface area contributed by atoms with Crippen molar-refractivity contribution >= 4 is 10.0 Å². The zero-order valence-electron chi connectivity index (χ0n) is 11.3. The summed E-state index contributed by atoms with van der Waals surface area (Å²) in [5, 5.41) is 0.0829. The number of rotatable bonds is 6. The summed E-state index contributed by atoms with van der Waals surface area (Å²) in [4.78, 5) is 3.93. The molecule has 0 bridgehead atoms.